The Morgan fingerprint density at radius 1 is 1.75 bits per heavy atom. The number of ether oxygens (including phenoxy) is 1. The third kappa shape index (κ3) is 2.80. The largest absolute Gasteiger partial charge is 0.378 e. The maximum atomic E-state index is 11.7. The Balaban J connectivity index is 1.78. The van der Waals surface area contributed by atoms with Crippen molar-refractivity contribution in [3.8, 4) is 0 Å². The molecule has 1 amide bonds. The van der Waals surface area contributed by atoms with Crippen LogP contribution < -0.4 is 10.6 Å². The second kappa shape index (κ2) is 5.09. The summed E-state index contributed by atoms with van der Waals surface area (Å²) in [7, 11) is 0. The number of aromatic nitrogens is 1. The van der Waals surface area contributed by atoms with Gasteiger partial charge in [-0.2, -0.15) is 0 Å². The number of carbonyl (C=O) groups is 1. The van der Waals surface area contributed by atoms with Crippen LogP contribution in [-0.4, -0.2) is 36.9 Å². The van der Waals surface area contributed by atoms with Crippen molar-refractivity contribution >= 4 is 5.91 Å². The molecule has 6 nitrogen and oxygen atoms in total. The normalized spacial score (nSPS) is 20.7. The van der Waals surface area contributed by atoms with E-state index in [1.54, 1.807) is 6.07 Å². The molecule has 0 bridgehead atoms. The van der Waals surface area contributed by atoms with Gasteiger partial charge in [0.15, 0.2) is 0 Å². The molecule has 2 N–H and O–H groups in total. The number of nitrogens with one attached hydrogen (secondary N) is 2. The lowest BCUT2D eigenvalue weighted by atomic mass is 10.2. The maximum Gasteiger partial charge on any atom is 0.239 e. The predicted octanol–water partition coefficient (Wildman–Crippen LogP) is -0.412. The summed E-state index contributed by atoms with van der Waals surface area (Å²) in [6, 6.07) is 1.53. The zero-order valence-electron chi connectivity index (χ0n) is 9.16. The van der Waals surface area contributed by atoms with E-state index in [-0.39, 0.29) is 11.9 Å². The Morgan fingerprint density at radius 3 is 3.25 bits per heavy atom. The molecule has 0 radical (unpaired) electrons. The first kappa shape index (κ1) is 11.1. The number of amides is 1. The zero-order valence-corrected chi connectivity index (χ0v) is 9.16. The lowest BCUT2D eigenvalue weighted by Crippen LogP contribution is -2.51. The van der Waals surface area contributed by atoms with Gasteiger partial charge < -0.3 is 19.9 Å². The van der Waals surface area contributed by atoms with Gasteiger partial charge in [0.25, 0.3) is 0 Å². The SMILES string of the molecule is Cc1cc(CNC(=O)C2COCCN2)no1. The third-order valence-electron chi connectivity index (χ3n) is 2.36. The van der Waals surface area contributed by atoms with Crippen LogP contribution in [0.1, 0.15) is 11.5 Å². The summed E-state index contributed by atoms with van der Waals surface area (Å²) in [5.74, 6) is 0.670. The molecule has 1 atom stereocenters. The van der Waals surface area contributed by atoms with Crippen molar-refractivity contribution in [1.82, 2.24) is 15.8 Å². The Labute approximate surface area is 93.3 Å². The molecule has 0 spiro atoms. The fourth-order valence-electron chi connectivity index (χ4n) is 1.54. The molecule has 2 rings (SSSR count). The van der Waals surface area contributed by atoms with E-state index in [1.807, 2.05) is 6.92 Å². The van der Waals surface area contributed by atoms with Gasteiger partial charge in [-0.3, -0.25) is 4.79 Å². The molecule has 0 saturated carbocycles. The molecule has 2 heterocycles. The lowest BCUT2D eigenvalue weighted by molar-refractivity contribution is -0.126. The summed E-state index contributed by atoms with van der Waals surface area (Å²) >= 11 is 0. The number of carbonyl (C=O) groups excluding carboxylic acids is 1. The monoisotopic (exact) mass is 225 g/mol. The molecule has 1 fully saturated rings. The van der Waals surface area contributed by atoms with Gasteiger partial charge in [-0.25, -0.2) is 0 Å². The minimum atomic E-state index is -0.262. The van der Waals surface area contributed by atoms with Crippen molar-refractivity contribution < 1.29 is 14.1 Å². The number of hydrogen-bond donors (Lipinski definition) is 2. The predicted molar refractivity (Wildman–Crippen MR) is 55.7 cm³/mol. The summed E-state index contributed by atoms with van der Waals surface area (Å²) in [5, 5.41) is 9.65. The summed E-state index contributed by atoms with van der Waals surface area (Å²) < 4.78 is 10.1. The van der Waals surface area contributed by atoms with Crippen LogP contribution >= 0.6 is 0 Å². The highest BCUT2D eigenvalue weighted by atomic mass is 16.5. The van der Waals surface area contributed by atoms with Crippen LogP contribution in [0.5, 0.6) is 0 Å². The highest BCUT2D eigenvalue weighted by molar-refractivity contribution is 5.81. The third-order valence-corrected chi connectivity index (χ3v) is 2.36. The smallest absolute Gasteiger partial charge is 0.239 e. The summed E-state index contributed by atoms with van der Waals surface area (Å²) in [6.45, 7) is 3.99. The lowest BCUT2D eigenvalue weighted by Gasteiger charge is -2.22. The Kier molecular flexibility index (Phi) is 3.53. The minimum Gasteiger partial charge on any atom is -0.378 e. The maximum absolute atomic E-state index is 11.7. The van der Waals surface area contributed by atoms with Crippen LogP contribution in [0.4, 0.5) is 0 Å². The summed E-state index contributed by atoms with van der Waals surface area (Å²) in [4.78, 5) is 11.7. The van der Waals surface area contributed by atoms with E-state index in [0.29, 0.717) is 26.3 Å². The van der Waals surface area contributed by atoms with Crippen LogP contribution in [0.15, 0.2) is 10.6 Å². The van der Waals surface area contributed by atoms with Gasteiger partial charge in [-0.1, -0.05) is 5.16 Å². The standard InChI is InChI=1S/C10H15N3O3/c1-7-4-8(13-16-7)5-12-10(14)9-6-15-3-2-11-9/h4,9,11H,2-3,5-6H2,1H3,(H,12,14). The van der Waals surface area contributed by atoms with Crippen molar-refractivity contribution in [1.29, 1.82) is 0 Å². The van der Waals surface area contributed by atoms with E-state index in [0.717, 1.165) is 11.5 Å². The second-order valence-corrected chi connectivity index (χ2v) is 3.73. The first-order valence-corrected chi connectivity index (χ1v) is 5.27. The molecule has 1 aromatic heterocycles. The van der Waals surface area contributed by atoms with Crippen LogP contribution in [0.2, 0.25) is 0 Å². The molecule has 0 aliphatic carbocycles. The van der Waals surface area contributed by atoms with Crippen LogP contribution in [-0.2, 0) is 16.1 Å². The number of morpholine rings is 1. The summed E-state index contributed by atoms with van der Waals surface area (Å²) in [6.07, 6.45) is 0. The van der Waals surface area contributed by atoms with Crippen LogP contribution in [0, 0.1) is 6.92 Å². The van der Waals surface area contributed by atoms with E-state index in [4.69, 9.17) is 9.26 Å². The van der Waals surface area contributed by atoms with Crippen molar-refractivity contribution in [2.24, 2.45) is 0 Å². The average Bonchev–Trinajstić information content (AvgIpc) is 2.73. The zero-order chi connectivity index (χ0) is 11.4. The molecular formula is C10H15N3O3. The molecule has 6 heteroatoms. The highest BCUT2D eigenvalue weighted by Gasteiger charge is 2.20. The Hall–Kier alpha value is -1.40. The van der Waals surface area contributed by atoms with Crippen molar-refractivity contribution in [3.05, 3.63) is 17.5 Å². The molecular weight excluding hydrogens is 210 g/mol. The molecule has 1 aromatic rings. The van der Waals surface area contributed by atoms with Crippen LogP contribution in [0.3, 0.4) is 0 Å². The van der Waals surface area contributed by atoms with E-state index in [2.05, 4.69) is 15.8 Å². The van der Waals surface area contributed by atoms with Gasteiger partial charge in [0.1, 0.15) is 17.5 Å². The number of aryl methyl sites for hydroxylation is 1. The van der Waals surface area contributed by atoms with E-state index in [9.17, 15) is 4.79 Å². The Bertz CT molecular complexity index is 358. The van der Waals surface area contributed by atoms with Gasteiger partial charge in [0.2, 0.25) is 5.91 Å². The number of rotatable bonds is 3. The first-order valence-electron chi connectivity index (χ1n) is 5.27. The minimum absolute atomic E-state index is 0.0691. The van der Waals surface area contributed by atoms with Crippen molar-refractivity contribution in [2.45, 2.75) is 19.5 Å². The van der Waals surface area contributed by atoms with E-state index >= 15 is 0 Å². The number of hydrogen-bond acceptors (Lipinski definition) is 5. The van der Waals surface area contributed by atoms with E-state index in [1.165, 1.54) is 0 Å². The number of nitrogens with zero attached hydrogens (tertiary/aromatic N) is 1. The topological polar surface area (TPSA) is 76.4 Å². The molecule has 1 aliphatic rings. The Morgan fingerprint density at radius 2 is 2.62 bits per heavy atom. The average molecular weight is 225 g/mol. The molecule has 1 aliphatic heterocycles. The fourth-order valence-corrected chi connectivity index (χ4v) is 1.54. The quantitative estimate of drug-likeness (QED) is 0.731. The molecule has 1 unspecified atom stereocenters. The van der Waals surface area contributed by atoms with E-state index < -0.39 is 0 Å². The molecule has 88 valence electrons. The van der Waals surface area contributed by atoms with Gasteiger partial charge in [-0.05, 0) is 6.92 Å². The molecule has 16 heavy (non-hydrogen) atoms. The first-order chi connectivity index (χ1) is 7.75. The van der Waals surface area contributed by atoms with Gasteiger partial charge in [0, 0.05) is 12.6 Å². The van der Waals surface area contributed by atoms with Gasteiger partial charge >= 0.3 is 0 Å². The van der Waals surface area contributed by atoms with Crippen molar-refractivity contribution in [3.63, 3.8) is 0 Å². The van der Waals surface area contributed by atoms with Crippen molar-refractivity contribution in [2.75, 3.05) is 19.8 Å². The summed E-state index contributed by atoms with van der Waals surface area (Å²) in [5.41, 5.74) is 0.725. The highest BCUT2D eigenvalue weighted by Crippen LogP contribution is 2.01. The molecule has 1 saturated heterocycles. The second-order valence-electron chi connectivity index (χ2n) is 3.73. The molecule has 0 aromatic carbocycles. The van der Waals surface area contributed by atoms with Gasteiger partial charge in [0.05, 0.1) is 19.8 Å². The van der Waals surface area contributed by atoms with Gasteiger partial charge in [-0.15, -0.1) is 0 Å². The fraction of sp³-hybridized carbons (Fsp3) is 0.600. The van der Waals surface area contributed by atoms with Crippen LogP contribution in [0.25, 0.3) is 0 Å².